The summed E-state index contributed by atoms with van der Waals surface area (Å²) in [5, 5.41) is 5.84. The van der Waals surface area contributed by atoms with Gasteiger partial charge in [0, 0.05) is 28.7 Å². The fourth-order valence-electron chi connectivity index (χ4n) is 2.59. The average molecular weight is 422 g/mol. The van der Waals surface area contributed by atoms with E-state index in [-0.39, 0.29) is 17.0 Å². The highest BCUT2D eigenvalue weighted by molar-refractivity contribution is 7.13. The third-order valence-corrected chi connectivity index (χ3v) is 4.67. The van der Waals surface area contributed by atoms with Crippen molar-refractivity contribution in [3.8, 4) is 11.4 Å². The van der Waals surface area contributed by atoms with Crippen molar-refractivity contribution in [1.82, 2.24) is 14.4 Å². The number of rotatable bonds is 3. The van der Waals surface area contributed by atoms with Crippen LogP contribution in [0.5, 0.6) is 0 Å². The molecule has 0 fully saturated rings. The molecule has 24 heavy (non-hydrogen) atoms. The second-order valence-electron chi connectivity index (χ2n) is 5.24. The summed E-state index contributed by atoms with van der Waals surface area (Å²) in [7, 11) is 0. The Balaban J connectivity index is 0.00000169. The predicted molar refractivity (Wildman–Crippen MR) is 93.7 cm³/mol. The van der Waals surface area contributed by atoms with Gasteiger partial charge in [-0.2, -0.15) is 4.98 Å². The Labute approximate surface area is 158 Å². The first kappa shape index (κ1) is 17.1. The van der Waals surface area contributed by atoms with E-state index in [1.165, 1.54) is 0 Å². The van der Waals surface area contributed by atoms with Crippen LogP contribution in [-0.4, -0.2) is 14.4 Å². The van der Waals surface area contributed by atoms with Crippen molar-refractivity contribution in [2.75, 3.05) is 0 Å². The molecule has 0 atom stereocenters. The molecule has 4 rings (SSSR count). The first-order valence-electron chi connectivity index (χ1n) is 7.20. The molecule has 0 bridgehead atoms. The predicted octanol–water partition coefficient (Wildman–Crippen LogP) is 0.950. The van der Waals surface area contributed by atoms with Gasteiger partial charge in [0.25, 0.3) is 5.13 Å². The largest absolute Gasteiger partial charge is 1.00 e. The highest BCUT2D eigenvalue weighted by atomic mass is 79.9. The molecule has 3 aromatic heterocycles. The maximum atomic E-state index is 5.92. The van der Waals surface area contributed by atoms with Crippen LogP contribution in [0.25, 0.3) is 17.0 Å². The Morgan fingerprint density at radius 1 is 1.08 bits per heavy atom. The molecular weight excluding hydrogens is 408 g/mol. The first-order chi connectivity index (χ1) is 11.2. The topological polar surface area (TPSA) is 46.8 Å². The van der Waals surface area contributed by atoms with Crippen molar-refractivity contribution in [2.45, 2.75) is 6.92 Å². The second kappa shape index (κ2) is 7.03. The van der Waals surface area contributed by atoms with Crippen LogP contribution < -0.4 is 22.3 Å². The summed E-state index contributed by atoms with van der Waals surface area (Å²) in [5.74, 6) is 0. The number of fused-ring (bicyclic) bond motifs is 1. The van der Waals surface area contributed by atoms with E-state index in [1.54, 1.807) is 11.3 Å². The number of halogens is 2. The van der Waals surface area contributed by atoms with Crippen molar-refractivity contribution in [3.05, 3.63) is 64.8 Å². The molecule has 0 saturated carbocycles. The summed E-state index contributed by atoms with van der Waals surface area (Å²) in [6.07, 6.45) is 2.02. The van der Waals surface area contributed by atoms with Crippen LogP contribution in [0.4, 0.5) is 10.8 Å². The number of nitrogens with zero attached hydrogens (tertiary/aromatic N) is 3. The zero-order valence-corrected chi connectivity index (χ0v) is 15.9. The minimum absolute atomic E-state index is 0. The molecule has 0 aliphatic carbocycles. The minimum atomic E-state index is 0. The van der Waals surface area contributed by atoms with Gasteiger partial charge in [-0.3, -0.25) is 9.72 Å². The molecule has 0 amide bonds. The number of benzene rings is 1. The lowest BCUT2D eigenvalue weighted by Crippen LogP contribution is -3.00. The highest BCUT2D eigenvalue weighted by Gasteiger charge is 2.15. The van der Waals surface area contributed by atoms with E-state index in [1.807, 2.05) is 55.6 Å². The van der Waals surface area contributed by atoms with Gasteiger partial charge in [0.15, 0.2) is 0 Å². The minimum Gasteiger partial charge on any atom is -1.00 e. The number of pyridine rings is 1. The smallest absolute Gasteiger partial charge is 0.288 e. The molecule has 122 valence electrons. The summed E-state index contributed by atoms with van der Waals surface area (Å²) >= 11 is 7.55. The van der Waals surface area contributed by atoms with Crippen molar-refractivity contribution in [3.63, 3.8) is 0 Å². The van der Waals surface area contributed by atoms with Gasteiger partial charge in [0.2, 0.25) is 0 Å². The van der Waals surface area contributed by atoms with Gasteiger partial charge >= 0.3 is 0 Å². The SMILES string of the molecule is Cc1nc2ccccn2c1-c1csc([NH2+]c2ccc(Cl)cc2)n1.[Br-]. The number of hydrogen-bond acceptors (Lipinski definition) is 3. The standard InChI is InChI=1S/C17H13ClN4S.BrH/c1-11-16(22-9-3-2-4-15(22)19-11)14-10-23-17(21-14)20-13-7-5-12(18)6-8-13;/h2-10H,1H3,(H,20,21);1H. The monoisotopic (exact) mass is 420 g/mol. The molecule has 2 N–H and O–H groups in total. The van der Waals surface area contributed by atoms with Crippen molar-refractivity contribution < 1.29 is 22.3 Å². The van der Waals surface area contributed by atoms with Crippen molar-refractivity contribution in [2.24, 2.45) is 0 Å². The van der Waals surface area contributed by atoms with Gasteiger partial charge < -0.3 is 17.0 Å². The highest BCUT2D eigenvalue weighted by Crippen LogP contribution is 2.27. The van der Waals surface area contributed by atoms with Crippen LogP contribution in [0.15, 0.2) is 54.0 Å². The average Bonchev–Trinajstić information content (AvgIpc) is 3.12. The van der Waals surface area contributed by atoms with Gasteiger partial charge in [0.05, 0.1) is 11.4 Å². The van der Waals surface area contributed by atoms with Crippen LogP contribution in [0, 0.1) is 6.92 Å². The van der Waals surface area contributed by atoms with E-state index in [0.29, 0.717) is 0 Å². The summed E-state index contributed by atoms with van der Waals surface area (Å²) < 4.78 is 2.08. The maximum Gasteiger partial charge on any atom is 0.288 e. The number of aromatic nitrogens is 3. The van der Waals surface area contributed by atoms with E-state index in [4.69, 9.17) is 16.6 Å². The Bertz CT molecular complexity index is 978. The second-order valence-corrected chi connectivity index (χ2v) is 6.57. The van der Waals surface area contributed by atoms with Gasteiger partial charge in [-0.25, -0.2) is 4.98 Å². The lowest BCUT2D eigenvalue weighted by Gasteiger charge is -1.99. The van der Waals surface area contributed by atoms with E-state index >= 15 is 0 Å². The van der Waals surface area contributed by atoms with Crippen LogP contribution in [-0.2, 0) is 0 Å². The molecule has 0 radical (unpaired) electrons. The zero-order valence-electron chi connectivity index (χ0n) is 12.8. The van der Waals surface area contributed by atoms with Gasteiger partial charge in [0.1, 0.15) is 17.0 Å². The Morgan fingerprint density at radius 2 is 1.88 bits per heavy atom. The molecule has 4 aromatic rings. The fraction of sp³-hybridized carbons (Fsp3) is 0.0588. The van der Waals surface area contributed by atoms with E-state index in [2.05, 4.69) is 20.1 Å². The Morgan fingerprint density at radius 3 is 2.67 bits per heavy atom. The number of imidazole rings is 1. The molecule has 0 aliphatic heterocycles. The van der Waals surface area contributed by atoms with Gasteiger partial charge in [-0.1, -0.05) is 29.0 Å². The van der Waals surface area contributed by atoms with Crippen molar-refractivity contribution in [1.29, 1.82) is 0 Å². The summed E-state index contributed by atoms with van der Waals surface area (Å²) in [6.45, 7) is 2.02. The number of aryl methyl sites for hydroxylation is 1. The van der Waals surface area contributed by atoms with E-state index < -0.39 is 0 Å². The van der Waals surface area contributed by atoms with E-state index in [9.17, 15) is 0 Å². The van der Waals surface area contributed by atoms with Crippen LogP contribution >= 0.6 is 22.9 Å². The Hall–Kier alpha value is -1.73. The number of quaternary nitrogens is 1. The van der Waals surface area contributed by atoms with Crippen LogP contribution in [0.1, 0.15) is 5.69 Å². The summed E-state index contributed by atoms with van der Waals surface area (Å²) in [6, 6.07) is 13.7. The lowest BCUT2D eigenvalue weighted by molar-refractivity contribution is -0.478. The molecule has 0 unspecified atom stereocenters. The maximum absolute atomic E-state index is 5.92. The Kier molecular flexibility index (Phi) is 5.01. The molecule has 0 spiro atoms. The molecule has 0 saturated heterocycles. The summed E-state index contributed by atoms with van der Waals surface area (Å²) in [5.41, 5.74) is 5.01. The number of hydrogen-bond donors (Lipinski definition) is 1. The normalized spacial score (nSPS) is 10.8. The van der Waals surface area contributed by atoms with E-state index in [0.717, 1.165) is 38.6 Å². The molecule has 0 aliphatic rings. The molecule has 3 heterocycles. The molecule has 7 heteroatoms. The van der Waals surface area contributed by atoms with Gasteiger partial charge in [-0.15, -0.1) is 0 Å². The summed E-state index contributed by atoms with van der Waals surface area (Å²) in [4.78, 5) is 9.35. The zero-order chi connectivity index (χ0) is 15.8. The molecular formula is C17H14BrClN4S. The quantitative estimate of drug-likeness (QED) is 0.501. The lowest BCUT2D eigenvalue weighted by atomic mass is 10.3. The third-order valence-electron chi connectivity index (χ3n) is 3.63. The molecule has 4 nitrogen and oxygen atoms in total. The first-order valence-corrected chi connectivity index (χ1v) is 8.46. The fourth-order valence-corrected chi connectivity index (χ4v) is 3.46. The number of thiazole rings is 1. The third kappa shape index (κ3) is 3.23. The van der Waals surface area contributed by atoms with Crippen LogP contribution in [0.3, 0.4) is 0 Å². The molecule has 1 aromatic carbocycles. The number of nitrogens with two attached hydrogens (primary N) is 1. The van der Waals surface area contributed by atoms with Crippen LogP contribution in [0.2, 0.25) is 5.02 Å². The van der Waals surface area contributed by atoms with Gasteiger partial charge in [-0.05, 0) is 31.2 Å². The van der Waals surface area contributed by atoms with Crippen molar-refractivity contribution >= 4 is 39.4 Å².